The quantitative estimate of drug-likeness (QED) is 0.899. The van der Waals surface area contributed by atoms with Gasteiger partial charge in [0.15, 0.2) is 5.89 Å². The Hall–Kier alpha value is -2.70. The smallest absolute Gasteiger partial charge is 0.337 e. The third-order valence-corrected chi connectivity index (χ3v) is 2.57. The minimum atomic E-state index is -1.27. The van der Waals surface area contributed by atoms with Crippen LogP contribution < -0.4 is 5.32 Å². The van der Waals surface area contributed by atoms with E-state index >= 15 is 0 Å². The lowest BCUT2D eigenvalue weighted by Crippen LogP contribution is -2.15. The number of halogens is 1. The molecule has 0 spiro atoms. The maximum atomic E-state index is 13.2. The zero-order valence-corrected chi connectivity index (χ0v) is 10.7. The maximum absolute atomic E-state index is 13.2. The van der Waals surface area contributed by atoms with Gasteiger partial charge < -0.3 is 14.8 Å². The predicted molar refractivity (Wildman–Crippen MR) is 67.3 cm³/mol. The largest absolute Gasteiger partial charge is 0.478 e. The number of amides is 1. The molecule has 7 heteroatoms. The fraction of sp³-hybridized carbons (Fsp3) is 0.154. The first-order valence-electron chi connectivity index (χ1n) is 5.66. The van der Waals surface area contributed by atoms with Gasteiger partial charge in [0, 0.05) is 6.92 Å². The number of carboxylic acid groups (broad SMARTS) is 1. The second kappa shape index (κ2) is 5.12. The van der Waals surface area contributed by atoms with Crippen LogP contribution >= 0.6 is 0 Å². The fourth-order valence-corrected chi connectivity index (χ4v) is 1.73. The van der Waals surface area contributed by atoms with Crippen LogP contribution in [-0.4, -0.2) is 22.0 Å². The first kappa shape index (κ1) is 13.7. The van der Waals surface area contributed by atoms with Gasteiger partial charge in [-0.15, -0.1) is 0 Å². The fourth-order valence-electron chi connectivity index (χ4n) is 1.73. The van der Waals surface area contributed by atoms with Crippen LogP contribution in [0.2, 0.25) is 0 Å². The molecule has 0 radical (unpaired) electrons. The zero-order valence-electron chi connectivity index (χ0n) is 10.7. The summed E-state index contributed by atoms with van der Waals surface area (Å²) in [5.41, 5.74) is 0.0119. The third-order valence-electron chi connectivity index (χ3n) is 2.57. The molecular weight excluding hydrogens is 267 g/mol. The van der Waals surface area contributed by atoms with E-state index in [1.165, 1.54) is 0 Å². The van der Waals surface area contributed by atoms with Gasteiger partial charge in [-0.2, -0.15) is 0 Å². The van der Waals surface area contributed by atoms with Gasteiger partial charge in [-0.25, -0.2) is 14.2 Å². The van der Waals surface area contributed by atoms with Gasteiger partial charge in [0.25, 0.3) is 5.91 Å². The van der Waals surface area contributed by atoms with E-state index in [0.717, 1.165) is 18.2 Å². The van der Waals surface area contributed by atoms with Crippen molar-refractivity contribution in [2.45, 2.75) is 13.8 Å². The summed E-state index contributed by atoms with van der Waals surface area (Å²) < 4.78 is 18.3. The highest BCUT2D eigenvalue weighted by Gasteiger charge is 2.19. The van der Waals surface area contributed by atoms with E-state index in [2.05, 4.69) is 10.3 Å². The summed E-state index contributed by atoms with van der Waals surface area (Å²) in [4.78, 5) is 26.9. The Morgan fingerprint density at radius 3 is 2.60 bits per heavy atom. The molecular formula is C13H11FN2O4. The Morgan fingerprint density at radius 1 is 1.35 bits per heavy atom. The minimum absolute atomic E-state index is 0.0388. The van der Waals surface area contributed by atoms with Gasteiger partial charge in [-0.05, 0) is 25.1 Å². The number of carbonyl (C=O) groups excluding carboxylic acids is 1. The molecule has 1 aromatic heterocycles. The van der Waals surface area contributed by atoms with Crippen molar-refractivity contribution in [3.8, 4) is 0 Å². The molecule has 0 aliphatic carbocycles. The van der Waals surface area contributed by atoms with Crippen LogP contribution in [0.15, 0.2) is 22.6 Å². The minimum Gasteiger partial charge on any atom is -0.478 e. The third kappa shape index (κ3) is 2.66. The van der Waals surface area contributed by atoms with Crippen LogP contribution in [0.1, 0.15) is 32.5 Å². The van der Waals surface area contributed by atoms with Gasteiger partial charge >= 0.3 is 5.97 Å². The summed E-state index contributed by atoms with van der Waals surface area (Å²) in [6.45, 7) is 3.16. The zero-order chi connectivity index (χ0) is 14.9. The van der Waals surface area contributed by atoms with Crippen molar-refractivity contribution < 1.29 is 23.5 Å². The Balaban J connectivity index is 2.34. The summed E-state index contributed by atoms with van der Waals surface area (Å²) in [5, 5.41) is 11.3. The Kier molecular flexibility index (Phi) is 3.51. The van der Waals surface area contributed by atoms with E-state index in [-0.39, 0.29) is 17.0 Å². The Labute approximate surface area is 113 Å². The van der Waals surface area contributed by atoms with Gasteiger partial charge in [-0.3, -0.25) is 4.79 Å². The SMILES string of the molecule is Cc1nc(C)c(C(=O)Nc2cc(F)ccc2C(=O)O)o1. The summed E-state index contributed by atoms with van der Waals surface area (Å²) in [6.07, 6.45) is 0. The molecule has 0 atom stereocenters. The monoisotopic (exact) mass is 278 g/mol. The number of carboxylic acids is 1. The first-order valence-corrected chi connectivity index (χ1v) is 5.66. The lowest BCUT2D eigenvalue weighted by molar-refractivity contribution is 0.0698. The number of hydrogen-bond donors (Lipinski definition) is 2. The van der Waals surface area contributed by atoms with Crippen LogP contribution in [0, 0.1) is 19.7 Å². The average Bonchev–Trinajstić information content (AvgIpc) is 2.68. The highest BCUT2D eigenvalue weighted by molar-refractivity contribution is 6.06. The summed E-state index contributed by atoms with van der Waals surface area (Å²) in [7, 11) is 0. The number of hydrogen-bond acceptors (Lipinski definition) is 4. The molecule has 0 saturated carbocycles. The standard InChI is InChI=1S/C13H11FN2O4/c1-6-11(20-7(2)15-6)12(17)16-10-5-8(14)3-4-9(10)13(18)19/h3-5H,1-2H3,(H,16,17)(H,18,19). The van der Waals surface area contributed by atoms with Crippen molar-refractivity contribution in [2.75, 3.05) is 5.32 Å². The van der Waals surface area contributed by atoms with Gasteiger partial charge in [0.05, 0.1) is 16.9 Å². The molecule has 0 saturated heterocycles. The Morgan fingerprint density at radius 2 is 2.05 bits per heavy atom. The van der Waals surface area contributed by atoms with E-state index in [0.29, 0.717) is 11.6 Å². The highest BCUT2D eigenvalue weighted by Crippen LogP contribution is 2.19. The van der Waals surface area contributed by atoms with E-state index in [4.69, 9.17) is 9.52 Å². The number of nitrogens with zero attached hydrogens (tertiary/aromatic N) is 1. The normalized spacial score (nSPS) is 10.3. The van der Waals surface area contributed by atoms with Crippen LogP contribution in [0.4, 0.5) is 10.1 Å². The number of benzene rings is 1. The van der Waals surface area contributed by atoms with E-state index in [9.17, 15) is 14.0 Å². The van der Waals surface area contributed by atoms with Crippen LogP contribution in [0.25, 0.3) is 0 Å². The van der Waals surface area contributed by atoms with E-state index in [1.54, 1.807) is 13.8 Å². The molecule has 104 valence electrons. The summed E-state index contributed by atoms with van der Waals surface area (Å²) in [5.74, 6) is -2.34. The van der Waals surface area contributed by atoms with Crippen LogP contribution in [0.5, 0.6) is 0 Å². The lowest BCUT2D eigenvalue weighted by Gasteiger charge is -2.07. The molecule has 0 bridgehead atoms. The molecule has 2 rings (SSSR count). The second-order valence-corrected chi connectivity index (χ2v) is 4.10. The number of anilines is 1. The van der Waals surface area contributed by atoms with Crippen molar-refractivity contribution in [1.29, 1.82) is 0 Å². The van der Waals surface area contributed by atoms with Crippen LogP contribution in [0.3, 0.4) is 0 Å². The highest BCUT2D eigenvalue weighted by atomic mass is 19.1. The van der Waals surface area contributed by atoms with Crippen molar-refractivity contribution >= 4 is 17.6 Å². The van der Waals surface area contributed by atoms with Crippen molar-refractivity contribution in [3.05, 3.63) is 46.9 Å². The molecule has 0 fully saturated rings. The first-order chi connectivity index (χ1) is 9.38. The molecule has 1 aromatic carbocycles. The average molecular weight is 278 g/mol. The summed E-state index contributed by atoms with van der Waals surface area (Å²) in [6, 6.07) is 3.01. The molecule has 2 N–H and O–H groups in total. The molecule has 1 amide bonds. The lowest BCUT2D eigenvalue weighted by atomic mass is 10.1. The number of aryl methyl sites for hydroxylation is 2. The molecule has 1 heterocycles. The van der Waals surface area contributed by atoms with Gasteiger partial charge in [0.2, 0.25) is 5.76 Å². The predicted octanol–water partition coefficient (Wildman–Crippen LogP) is 2.38. The molecule has 0 aliphatic heterocycles. The summed E-state index contributed by atoms with van der Waals surface area (Å²) >= 11 is 0. The van der Waals surface area contributed by atoms with Crippen molar-refractivity contribution in [3.63, 3.8) is 0 Å². The number of nitrogens with one attached hydrogen (secondary N) is 1. The topological polar surface area (TPSA) is 92.4 Å². The van der Waals surface area contributed by atoms with Gasteiger partial charge in [0.1, 0.15) is 5.82 Å². The molecule has 0 unspecified atom stereocenters. The number of carbonyl (C=O) groups is 2. The number of rotatable bonds is 3. The number of aromatic carboxylic acids is 1. The van der Waals surface area contributed by atoms with Crippen molar-refractivity contribution in [1.82, 2.24) is 4.98 Å². The molecule has 2 aromatic rings. The van der Waals surface area contributed by atoms with E-state index in [1.807, 2.05) is 0 Å². The van der Waals surface area contributed by atoms with E-state index < -0.39 is 17.7 Å². The maximum Gasteiger partial charge on any atom is 0.337 e. The van der Waals surface area contributed by atoms with Crippen molar-refractivity contribution in [2.24, 2.45) is 0 Å². The number of aromatic nitrogens is 1. The van der Waals surface area contributed by atoms with Gasteiger partial charge in [-0.1, -0.05) is 0 Å². The molecule has 20 heavy (non-hydrogen) atoms. The molecule has 6 nitrogen and oxygen atoms in total. The Bertz CT molecular complexity index is 694. The second-order valence-electron chi connectivity index (χ2n) is 4.10. The molecule has 0 aliphatic rings. The number of oxazole rings is 1. The van der Waals surface area contributed by atoms with Crippen LogP contribution in [-0.2, 0) is 0 Å².